The van der Waals surface area contributed by atoms with E-state index in [0.717, 1.165) is 5.69 Å². The van der Waals surface area contributed by atoms with Gasteiger partial charge in [-0.1, -0.05) is 167 Å². The molecule has 0 unspecified atom stereocenters. The Morgan fingerprint density at radius 3 is 1.23 bits per heavy atom. The van der Waals surface area contributed by atoms with Crippen LogP contribution in [-0.4, -0.2) is 0 Å². The fourth-order valence-corrected chi connectivity index (χ4v) is 7.20. The van der Waals surface area contributed by atoms with E-state index in [4.69, 9.17) is 4.99 Å². The SMILES string of the molecule is CC(C)c1cccc(C(C)C)c1N=c1cccccc1[O-].[Ni+2].[c-]1ccccc1.c1ccc(P(c2ccccc2)c2ccccc2)cc1. The smallest absolute Gasteiger partial charge is 0.871 e. The molecule has 6 aromatic rings. The molecule has 0 saturated heterocycles. The van der Waals surface area contributed by atoms with Gasteiger partial charge < -0.3 is 5.11 Å². The van der Waals surface area contributed by atoms with Crippen LogP contribution >= 0.6 is 7.92 Å². The summed E-state index contributed by atoms with van der Waals surface area (Å²) in [7, 11) is -0.446. The Labute approximate surface area is 292 Å². The summed E-state index contributed by atoms with van der Waals surface area (Å²) >= 11 is 0. The van der Waals surface area contributed by atoms with Crippen molar-refractivity contribution in [3.63, 3.8) is 0 Å². The van der Waals surface area contributed by atoms with Crippen molar-refractivity contribution in [2.45, 2.75) is 39.5 Å². The Balaban J connectivity index is 0.000000213. The molecule has 0 heterocycles. The van der Waals surface area contributed by atoms with E-state index in [0.29, 0.717) is 17.2 Å². The molecule has 47 heavy (non-hydrogen) atoms. The van der Waals surface area contributed by atoms with Crippen molar-refractivity contribution >= 4 is 29.5 Å². The molecule has 0 amide bonds. The zero-order valence-electron chi connectivity index (χ0n) is 27.4. The first kappa shape index (κ1) is 37.2. The Bertz CT molecular complexity index is 1650. The fourth-order valence-electron chi connectivity index (χ4n) is 4.90. The molecule has 0 aliphatic heterocycles. The van der Waals surface area contributed by atoms with Gasteiger partial charge in [-0.05, 0) is 52.9 Å². The van der Waals surface area contributed by atoms with Crippen molar-refractivity contribution in [3.8, 4) is 5.75 Å². The van der Waals surface area contributed by atoms with E-state index < -0.39 is 7.92 Å². The first-order chi connectivity index (χ1) is 22.5. The number of nitrogens with zero attached hydrogens (tertiary/aromatic N) is 1. The molecule has 240 valence electrons. The van der Waals surface area contributed by atoms with Crippen molar-refractivity contribution < 1.29 is 21.6 Å². The summed E-state index contributed by atoms with van der Waals surface area (Å²) in [6.45, 7) is 8.62. The minimum absolute atomic E-state index is 0. The minimum atomic E-state index is -0.446. The third-order valence-electron chi connectivity index (χ3n) is 7.20. The van der Waals surface area contributed by atoms with Gasteiger partial charge in [-0.25, -0.2) is 4.99 Å². The van der Waals surface area contributed by atoms with Gasteiger partial charge in [0.15, 0.2) is 0 Å². The standard InChI is InChI=1S/C19H23NO.C18H15P.C6H5.Ni/c1-13(2)15-9-8-10-16(14(3)4)19(15)20-17-11-6-5-7-12-18(17)21;1-4-10-16(11-5-1)19(17-12-6-2-7-13-17)18-14-8-3-9-15-18;1-2-4-6-5-3-1;/h5-14H,1-4H3,(H,20,21);1-15H;1-5H;/q;;-1;+2/p-1. The molecule has 0 saturated carbocycles. The van der Waals surface area contributed by atoms with Crippen LogP contribution < -0.4 is 26.4 Å². The molecular formula is C43H42NNiOP. The number of rotatable bonds is 6. The van der Waals surface area contributed by atoms with Crippen LogP contribution in [0.3, 0.4) is 0 Å². The molecule has 6 aromatic carbocycles. The van der Waals surface area contributed by atoms with Gasteiger partial charge >= 0.3 is 16.5 Å². The molecule has 0 radical (unpaired) electrons. The number of benzene rings is 5. The number of hydrogen-bond donors (Lipinski definition) is 0. The first-order valence-electron chi connectivity index (χ1n) is 15.8. The molecule has 0 spiro atoms. The van der Waals surface area contributed by atoms with Crippen molar-refractivity contribution in [2.24, 2.45) is 4.99 Å². The third-order valence-corrected chi connectivity index (χ3v) is 9.65. The normalized spacial score (nSPS) is 10.7. The van der Waals surface area contributed by atoms with Crippen LogP contribution in [0.2, 0.25) is 0 Å². The Morgan fingerprint density at radius 1 is 0.489 bits per heavy atom. The van der Waals surface area contributed by atoms with E-state index in [2.05, 4.69) is 143 Å². The van der Waals surface area contributed by atoms with E-state index in [-0.39, 0.29) is 22.2 Å². The largest absolute Gasteiger partial charge is 2.00 e. The van der Waals surface area contributed by atoms with Gasteiger partial charge in [-0.15, -0.1) is 0 Å². The van der Waals surface area contributed by atoms with Crippen LogP contribution in [0.1, 0.15) is 50.7 Å². The predicted octanol–water partition coefficient (Wildman–Crippen LogP) is 9.17. The van der Waals surface area contributed by atoms with Crippen molar-refractivity contribution in [1.29, 1.82) is 0 Å². The van der Waals surface area contributed by atoms with Gasteiger partial charge in [0, 0.05) is 0 Å². The van der Waals surface area contributed by atoms with Gasteiger partial charge in [-0.3, -0.25) is 0 Å². The maximum atomic E-state index is 12.1. The average Bonchev–Trinajstić information content (AvgIpc) is 3.31. The second-order valence-electron chi connectivity index (χ2n) is 11.3. The molecular weight excluding hydrogens is 636 g/mol. The molecule has 6 rings (SSSR count). The summed E-state index contributed by atoms with van der Waals surface area (Å²) in [4.78, 5) is 4.71. The quantitative estimate of drug-likeness (QED) is 0.0984. The van der Waals surface area contributed by atoms with E-state index >= 15 is 0 Å². The molecule has 0 N–H and O–H groups in total. The number of para-hydroxylation sites is 1. The topological polar surface area (TPSA) is 35.4 Å². The predicted molar refractivity (Wildman–Crippen MR) is 196 cm³/mol. The summed E-state index contributed by atoms with van der Waals surface area (Å²) in [6, 6.07) is 59.9. The monoisotopic (exact) mass is 677 g/mol. The van der Waals surface area contributed by atoms with Crippen LogP contribution in [-0.2, 0) is 16.5 Å². The van der Waals surface area contributed by atoms with Crippen LogP contribution in [0.4, 0.5) is 5.69 Å². The first-order valence-corrected chi connectivity index (χ1v) is 17.1. The third kappa shape index (κ3) is 11.5. The Morgan fingerprint density at radius 2 is 0.872 bits per heavy atom. The maximum absolute atomic E-state index is 12.1. The van der Waals surface area contributed by atoms with Gasteiger partial charge in [0.1, 0.15) is 0 Å². The average molecular weight is 678 g/mol. The molecule has 0 aliphatic carbocycles. The second-order valence-corrected chi connectivity index (χ2v) is 13.5. The molecule has 0 aromatic heterocycles. The van der Waals surface area contributed by atoms with Crippen LogP contribution in [0.5, 0.6) is 5.75 Å². The second kappa shape index (κ2) is 20.1. The maximum Gasteiger partial charge on any atom is 2.00 e. The summed E-state index contributed by atoms with van der Waals surface area (Å²) in [5.74, 6) is 0.693. The number of hydrogen-bond acceptors (Lipinski definition) is 2. The molecule has 0 aliphatic rings. The Hall–Kier alpha value is -4.29. The van der Waals surface area contributed by atoms with Crippen molar-refractivity contribution in [3.05, 3.63) is 192 Å². The van der Waals surface area contributed by atoms with Crippen molar-refractivity contribution in [1.82, 2.24) is 0 Å². The zero-order chi connectivity index (χ0) is 32.6. The van der Waals surface area contributed by atoms with E-state index in [1.165, 1.54) is 27.0 Å². The summed E-state index contributed by atoms with van der Waals surface area (Å²) in [5.41, 5.74) is 3.32. The Kier molecular flexibility index (Phi) is 15.9. The van der Waals surface area contributed by atoms with E-state index in [9.17, 15) is 5.11 Å². The van der Waals surface area contributed by atoms with Crippen LogP contribution in [0.25, 0.3) is 0 Å². The van der Waals surface area contributed by atoms with Crippen LogP contribution in [0, 0.1) is 6.07 Å². The summed E-state index contributed by atoms with van der Waals surface area (Å²) in [6.07, 6.45) is 0. The van der Waals surface area contributed by atoms with Gasteiger partial charge in [0.25, 0.3) is 0 Å². The molecule has 0 bridgehead atoms. The van der Waals surface area contributed by atoms with Crippen molar-refractivity contribution in [2.75, 3.05) is 0 Å². The molecule has 2 nitrogen and oxygen atoms in total. The van der Waals surface area contributed by atoms with E-state index in [1.807, 2.05) is 42.5 Å². The van der Waals surface area contributed by atoms with Gasteiger partial charge in [0.2, 0.25) is 0 Å². The molecule has 0 fully saturated rings. The molecule has 0 atom stereocenters. The van der Waals surface area contributed by atoms with Gasteiger partial charge in [-0.2, -0.15) is 36.4 Å². The van der Waals surface area contributed by atoms with Crippen LogP contribution in [0.15, 0.2) is 175 Å². The van der Waals surface area contributed by atoms with E-state index in [1.54, 1.807) is 18.2 Å². The summed E-state index contributed by atoms with van der Waals surface area (Å²) < 4.78 is 0. The summed E-state index contributed by atoms with van der Waals surface area (Å²) in [5, 5.41) is 16.8. The minimum Gasteiger partial charge on any atom is -0.871 e. The molecule has 4 heteroatoms. The van der Waals surface area contributed by atoms with Gasteiger partial charge in [0.05, 0.1) is 11.0 Å². The fraction of sp³-hybridized carbons (Fsp3) is 0.140. The zero-order valence-corrected chi connectivity index (χ0v) is 29.3.